The SMILES string of the molecule is NS(=O)(=O)c1ccc(Cc2c(-c3ccc(F)c(-c4cccc(F)c4)c3)nn(-c3nc(C(=O)O)cs3)c2C(F)(F)F)cc1. The largest absolute Gasteiger partial charge is 0.476 e. The van der Waals surface area contributed by atoms with Gasteiger partial charge in [0.25, 0.3) is 0 Å². The van der Waals surface area contributed by atoms with E-state index in [-0.39, 0.29) is 43.5 Å². The molecule has 0 unspecified atom stereocenters. The Kier molecular flexibility index (Phi) is 7.42. The molecule has 0 saturated heterocycles. The van der Waals surface area contributed by atoms with Crippen LogP contribution in [0.1, 0.15) is 27.3 Å². The number of carbonyl (C=O) groups is 1. The number of alkyl halides is 3. The van der Waals surface area contributed by atoms with E-state index in [1.807, 2.05) is 0 Å². The predicted molar refractivity (Wildman–Crippen MR) is 143 cm³/mol. The maximum atomic E-state index is 14.9. The van der Waals surface area contributed by atoms with Crippen LogP contribution in [0.5, 0.6) is 0 Å². The molecule has 0 saturated carbocycles. The highest BCUT2D eigenvalue weighted by Gasteiger charge is 2.41. The first kappa shape index (κ1) is 29.0. The molecule has 0 amide bonds. The molecule has 0 radical (unpaired) electrons. The monoisotopic (exact) mass is 620 g/mol. The molecule has 5 aromatic rings. The summed E-state index contributed by atoms with van der Waals surface area (Å²) in [5.74, 6) is -2.86. The first-order valence-electron chi connectivity index (χ1n) is 11.8. The minimum absolute atomic E-state index is 0.0473. The fourth-order valence-corrected chi connectivity index (χ4v) is 5.56. The highest BCUT2D eigenvalue weighted by atomic mass is 32.2. The molecule has 0 fully saturated rings. The zero-order valence-corrected chi connectivity index (χ0v) is 22.6. The van der Waals surface area contributed by atoms with Gasteiger partial charge < -0.3 is 5.11 Å². The van der Waals surface area contributed by atoms with Gasteiger partial charge in [-0.15, -0.1) is 11.3 Å². The van der Waals surface area contributed by atoms with E-state index in [0.717, 1.165) is 35.7 Å². The number of rotatable bonds is 7. The van der Waals surface area contributed by atoms with Crippen molar-refractivity contribution in [1.82, 2.24) is 14.8 Å². The molecule has 42 heavy (non-hydrogen) atoms. The summed E-state index contributed by atoms with van der Waals surface area (Å²) in [7, 11) is -4.06. The van der Waals surface area contributed by atoms with Gasteiger partial charge in [-0.05, 0) is 53.6 Å². The van der Waals surface area contributed by atoms with Crippen molar-refractivity contribution in [2.75, 3.05) is 0 Å². The van der Waals surface area contributed by atoms with E-state index < -0.39 is 51.6 Å². The average molecular weight is 621 g/mol. The lowest BCUT2D eigenvalue weighted by atomic mass is 9.96. The third-order valence-electron chi connectivity index (χ3n) is 6.15. The van der Waals surface area contributed by atoms with Crippen LogP contribution in [0.25, 0.3) is 27.5 Å². The number of sulfonamides is 1. The molecule has 0 aliphatic heterocycles. The Labute approximate surface area is 238 Å². The summed E-state index contributed by atoms with van der Waals surface area (Å²) in [5, 5.41) is 19.2. The topological polar surface area (TPSA) is 128 Å². The number of aromatic carboxylic acids is 1. The van der Waals surface area contributed by atoms with Gasteiger partial charge in [0.2, 0.25) is 15.2 Å². The van der Waals surface area contributed by atoms with Crippen LogP contribution < -0.4 is 5.14 Å². The lowest BCUT2D eigenvalue weighted by Gasteiger charge is -2.12. The molecule has 0 bridgehead atoms. The van der Waals surface area contributed by atoms with Crippen LogP contribution >= 0.6 is 11.3 Å². The van der Waals surface area contributed by atoms with Crippen LogP contribution in [-0.4, -0.2) is 34.3 Å². The number of carboxylic acid groups (broad SMARTS) is 1. The average Bonchev–Trinajstić information content (AvgIpc) is 3.54. The lowest BCUT2D eigenvalue weighted by Crippen LogP contribution is -2.16. The number of benzene rings is 3. The maximum Gasteiger partial charge on any atom is 0.433 e. The summed E-state index contributed by atoms with van der Waals surface area (Å²) < 4.78 is 96.5. The fraction of sp³-hybridized carbons (Fsp3) is 0.0741. The summed E-state index contributed by atoms with van der Waals surface area (Å²) in [5.41, 5.74) is -2.03. The second-order valence-corrected chi connectivity index (χ2v) is 11.4. The van der Waals surface area contributed by atoms with Crippen molar-refractivity contribution in [3.8, 4) is 27.5 Å². The smallest absolute Gasteiger partial charge is 0.433 e. The summed E-state index contributed by atoms with van der Waals surface area (Å²) in [6.07, 6.45) is -5.44. The van der Waals surface area contributed by atoms with Crippen LogP contribution in [0.3, 0.4) is 0 Å². The lowest BCUT2D eigenvalue weighted by molar-refractivity contribution is -0.143. The molecule has 0 spiro atoms. The van der Waals surface area contributed by atoms with Crippen molar-refractivity contribution in [1.29, 1.82) is 0 Å². The third-order valence-corrected chi connectivity index (χ3v) is 7.90. The van der Waals surface area contributed by atoms with Crippen LogP contribution in [0.4, 0.5) is 22.0 Å². The molecule has 3 N–H and O–H groups in total. The zero-order valence-electron chi connectivity index (χ0n) is 20.9. The van der Waals surface area contributed by atoms with Gasteiger partial charge in [0.1, 0.15) is 11.6 Å². The van der Waals surface area contributed by atoms with Gasteiger partial charge >= 0.3 is 12.1 Å². The Morgan fingerprint density at radius 3 is 2.31 bits per heavy atom. The van der Waals surface area contributed by atoms with Crippen molar-refractivity contribution in [2.24, 2.45) is 5.14 Å². The number of primary sulfonamides is 1. The van der Waals surface area contributed by atoms with Crippen molar-refractivity contribution < 1.29 is 40.3 Å². The zero-order chi connectivity index (χ0) is 30.4. The Balaban J connectivity index is 1.75. The second-order valence-electron chi connectivity index (χ2n) is 8.98. The van der Waals surface area contributed by atoms with Gasteiger partial charge in [0, 0.05) is 28.5 Å². The van der Waals surface area contributed by atoms with E-state index in [9.17, 15) is 40.3 Å². The number of thiazole rings is 1. The van der Waals surface area contributed by atoms with E-state index in [1.54, 1.807) is 0 Å². The molecule has 8 nitrogen and oxygen atoms in total. The van der Waals surface area contributed by atoms with Crippen LogP contribution in [0, 0.1) is 11.6 Å². The molecular formula is C27H17F5N4O4S2. The summed E-state index contributed by atoms with van der Waals surface area (Å²) in [6, 6.07) is 13.3. The molecule has 216 valence electrons. The van der Waals surface area contributed by atoms with E-state index in [4.69, 9.17) is 5.14 Å². The maximum absolute atomic E-state index is 14.9. The first-order valence-corrected chi connectivity index (χ1v) is 14.2. The minimum Gasteiger partial charge on any atom is -0.476 e. The molecule has 2 heterocycles. The highest BCUT2D eigenvalue weighted by Crippen LogP contribution is 2.41. The van der Waals surface area contributed by atoms with Gasteiger partial charge in [-0.1, -0.05) is 24.3 Å². The molecule has 2 aromatic heterocycles. The number of carboxylic acids is 1. The van der Waals surface area contributed by atoms with Gasteiger partial charge in [-0.25, -0.2) is 36.8 Å². The minimum atomic E-state index is -5.03. The molecular weight excluding hydrogens is 603 g/mol. The van der Waals surface area contributed by atoms with E-state index in [0.29, 0.717) is 16.0 Å². The van der Waals surface area contributed by atoms with Gasteiger partial charge in [0.05, 0.1) is 10.6 Å². The second kappa shape index (κ2) is 10.7. The van der Waals surface area contributed by atoms with Crippen LogP contribution in [-0.2, 0) is 22.6 Å². The predicted octanol–water partition coefficient (Wildman–Crippen LogP) is 5.90. The third kappa shape index (κ3) is 5.79. The van der Waals surface area contributed by atoms with Crippen molar-refractivity contribution in [3.63, 3.8) is 0 Å². The Morgan fingerprint density at radius 2 is 1.71 bits per heavy atom. The highest BCUT2D eigenvalue weighted by molar-refractivity contribution is 7.89. The number of halogens is 5. The normalized spacial score (nSPS) is 12.0. The molecule has 0 aliphatic carbocycles. The van der Waals surface area contributed by atoms with Gasteiger partial charge in [-0.3, -0.25) is 0 Å². The fourth-order valence-electron chi connectivity index (χ4n) is 4.29. The quantitative estimate of drug-likeness (QED) is 0.218. The molecule has 3 aromatic carbocycles. The number of aromatic nitrogens is 3. The summed E-state index contributed by atoms with van der Waals surface area (Å²) >= 11 is 0.620. The number of nitrogens with two attached hydrogens (primary N) is 1. The summed E-state index contributed by atoms with van der Waals surface area (Å²) in [4.78, 5) is 14.9. The molecule has 0 atom stereocenters. The standard InChI is InChI=1S/C27H17F5N4O4S2/c28-17-3-1-2-15(11-17)19-12-16(6-9-21(19)29)23-20(10-14-4-7-18(8-5-14)42(33,39)40)24(27(30,31)32)36(35-23)26-34-22(13-41-26)25(37)38/h1-9,11-13H,10H2,(H,37,38)(H2,33,39,40). The van der Waals surface area contributed by atoms with E-state index in [1.165, 1.54) is 36.4 Å². The Morgan fingerprint density at radius 1 is 1.00 bits per heavy atom. The van der Waals surface area contributed by atoms with Gasteiger partial charge in [0.15, 0.2) is 11.4 Å². The van der Waals surface area contributed by atoms with E-state index in [2.05, 4.69) is 10.1 Å². The summed E-state index contributed by atoms with van der Waals surface area (Å²) in [6.45, 7) is 0. The van der Waals surface area contributed by atoms with Crippen molar-refractivity contribution in [3.05, 3.63) is 106 Å². The van der Waals surface area contributed by atoms with Crippen LogP contribution in [0.15, 0.2) is 77.0 Å². The Bertz CT molecular complexity index is 1930. The molecule has 5 rings (SSSR count). The van der Waals surface area contributed by atoms with Crippen molar-refractivity contribution >= 4 is 27.3 Å². The molecule has 0 aliphatic rings. The number of hydrogen-bond acceptors (Lipinski definition) is 6. The number of nitrogens with zero attached hydrogens (tertiary/aromatic N) is 3. The van der Waals surface area contributed by atoms with Crippen molar-refractivity contribution in [2.45, 2.75) is 17.5 Å². The van der Waals surface area contributed by atoms with E-state index >= 15 is 0 Å². The number of hydrogen-bond donors (Lipinski definition) is 2. The van der Waals surface area contributed by atoms with Crippen LogP contribution in [0.2, 0.25) is 0 Å². The molecule has 15 heteroatoms. The first-order chi connectivity index (χ1) is 19.7. The Hall–Kier alpha value is -4.47. The van der Waals surface area contributed by atoms with Gasteiger partial charge in [-0.2, -0.15) is 18.3 Å².